The Balaban J connectivity index is 2.16. The zero-order valence-electron chi connectivity index (χ0n) is 12.2. The lowest BCUT2D eigenvalue weighted by Crippen LogP contribution is -2.14. The van der Waals surface area contributed by atoms with Crippen LogP contribution in [-0.2, 0) is 12.0 Å². The molecule has 0 saturated heterocycles. The van der Waals surface area contributed by atoms with Gasteiger partial charge in [-0.2, -0.15) is 0 Å². The van der Waals surface area contributed by atoms with E-state index in [0.29, 0.717) is 12.2 Å². The molecule has 0 N–H and O–H groups in total. The normalized spacial score (nSPS) is 11.2. The van der Waals surface area contributed by atoms with Gasteiger partial charge in [-0.1, -0.05) is 57.2 Å². The molecule has 0 spiro atoms. The number of aldehydes is 1. The van der Waals surface area contributed by atoms with E-state index in [2.05, 4.69) is 20.8 Å². The van der Waals surface area contributed by atoms with Crippen molar-refractivity contribution in [1.82, 2.24) is 0 Å². The number of hydrogen-bond donors (Lipinski definition) is 0. The van der Waals surface area contributed by atoms with Crippen LogP contribution in [0.3, 0.4) is 0 Å². The maximum Gasteiger partial charge on any atom is 0.150 e. The van der Waals surface area contributed by atoms with Crippen molar-refractivity contribution in [3.63, 3.8) is 0 Å². The summed E-state index contributed by atoms with van der Waals surface area (Å²) in [6.45, 7) is 6.80. The smallest absolute Gasteiger partial charge is 0.150 e. The number of ether oxygens (including phenoxy) is 1. The number of benzene rings is 2. The van der Waals surface area contributed by atoms with Crippen molar-refractivity contribution in [3.8, 4) is 5.75 Å². The van der Waals surface area contributed by atoms with Gasteiger partial charge in [-0.3, -0.25) is 4.79 Å². The van der Waals surface area contributed by atoms with E-state index < -0.39 is 0 Å². The molecular formula is C18H20O2. The minimum atomic E-state index is -0.0474. The molecule has 0 aliphatic heterocycles. The minimum absolute atomic E-state index is 0.0474. The Morgan fingerprint density at radius 1 is 1.05 bits per heavy atom. The molecule has 2 aromatic rings. The highest BCUT2D eigenvalue weighted by molar-refractivity contribution is 5.78. The van der Waals surface area contributed by atoms with Crippen LogP contribution in [0, 0.1) is 0 Å². The molecule has 0 unspecified atom stereocenters. The number of hydrogen-bond acceptors (Lipinski definition) is 2. The summed E-state index contributed by atoms with van der Waals surface area (Å²) in [6.07, 6.45) is 0.899. The molecule has 0 amide bonds. The summed E-state index contributed by atoms with van der Waals surface area (Å²) in [5.41, 5.74) is 2.80. The molecule has 0 aliphatic rings. The average molecular weight is 268 g/mol. The second-order valence-electron chi connectivity index (χ2n) is 5.89. The van der Waals surface area contributed by atoms with E-state index in [-0.39, 0.29) is 5.41 Å². The Labute approximate surface area is 120 Å². The van der Waals surface area contributed by atoms with Gasteiger partial charge >= 0.3 is 0 Å². The van der Waals surface area contributed by atoms with Crippen LogP contribution in [-0.4, -0.2) is 6.29 Å². The topological polar surface area (TPSA) is 26.3 Å². The number of carbonyl (C=O) groups excluding carboxylic acids is 1. The first-order valence-electron chi connectivity index (χ1n) is 6.77. The van der Waals surface area contributed by atoms with Gasteiger partial charge in [0.1, 0.15) is 18.6 Å². The molecular weight excluding hydrogens is 248 g/mol. The van der Waals surface area contributed by atoms with E-state index >= 15 is 0 Å². The Morgan fingerprint density at radius 2 is 1.75 bits per heavy atom. The van der Waals surface area contributed by atoms with Gasteiger partial charge in [0, 0.05) is 5.56 Å². The fourth-order valence-electron chi connectivity index (χ4n) is 2.15. The van der Waals surface area contributed by atoms with Crippen molar-refractivity contribution in [2.24, 2.45) is 0 Å². The zero-order chi connectivity index (χ0) is 14.6. The van der Waals surface area contributed by atoms with Crippen molar-refractivity contribution in [2.45, 2.75) is 32.8 Å². The number of carbonyl (C=O) groups is 1. The molecule has 0 saturated carbocycles. The molecule has 0 aromatic heterocycles. The average Bonchev–Trinajstić information content (AvgIpc) is 2.45. The summed E-state index contributed by atoms with van der Waals surface area (Å²) in [7, 11) is 0. The van der Waals surface area contributed by atoms with Crippen LogP contribution in [0.1, 0.15) is 42.3 Å². The first kappa shape index (κ1) is 14.3. The fourth-order valence-corrected chi connectivity index (χ4v) is 2.15. The minimum Gasteiger partial charge on any atom is -0.489 e. The van der Waals surface area contributed by atoms with E-state index in [9.17, 15) is 4.79 Å². The van der Waals surface area contributed by atoms with E-state index in [4.69, 9.17) is 4.74 Å². The van der Waals surface area contributed by atoms with Gasteiger partial charge in [0.05, 0.1) is 0 Å². The largest absolute Gasteiger partial charge is 0.489 e. The molecule has 104 valence electrons. The quantitative estimate of drug-likeness (QED) is 0.769. The van der Waals surface area contributed by atoms with Crippen molar-refractivity contribution < 1.29 is 9.53 Å². The summed E-state index contributed by atoms with van der Waals surface area (Å²) in [5, 5.41) is 0. The summed E-state index contributed by atoms with van der Waals surface area (Å²) in [4.78, 5) is 11.2. The highest BCUT2D eigenvalue weighted by atomic mass is 16.5. The predicted octanol–water partition coefficient (Wildman–Crippen LogP) is 4.38. The lowest BCUT2D eigenvalue weighted by molar-refractivity contribution is 0.112. The lowest BCUT2D eigenvalue weighted by atomic mass is 9.84. The second kappa shape index (κ2) is 5.91. The van der Waals surface area contributed by atoms with Crippen LogP contribution in [0.4, 0.5) is 0 Å². The van der Waals surface area contributed by atoms with Crippen molar-refractivity contribution in [3.05, 3.63) is 65.2 Å². The SMILES string of the molecule is CC(C)(C)c1ccc(OCc2ccccc2)cc1C=O. The van der Waals surface area contributed by atoms with E-state index in [1.165, 1.54) is 0 Å². The first-order valence-corrected chi connectivity index (χ1v) is 6.77. The Bertz CT molecular complexity index is 580. The Kier molecular flexibility index (Phi) is 4.23. The van der Waals surface area contributed by atoms with Crippen LogP contribution >= 0.6 is 0 Å². The van der Waals surface area contributed by atoms with Gasteiger partial charge in [0.25, 0.3) is 0 Å². The van der Waals surface area contributed by atoms with Crippen LogP contribution < -0.4 is 4.74 Å². The highest BCUT2D eigenvalue weighted by Gasteiger charge is 2.18. The van der Waals surface area contributed by atoms with Crippen molar-refractivity contribution in [1.29, 1.82) is 0 Å². The molecule has 0 heterocycles. The molecule has 2 rings (SSSR count). The maximum absolute atomic E-state index is 11.2. The highest BCUT2D eigenvalue weighted by Crippen LogP contribution is 2.28. The van der Waals surface area contributed by atoms with Gasteiger partial charge in [0.15, 0.2) is 0 Å². The molecule has 2 aromatic carbocycles. The molecule has 0 fully saturated rings. The van der Waals surface area contributed by atoms with Gasteiger partial charge in [-0.15, -0.1) is 0 Å². The standard InChI is InChI=1S/C18H20O2/c1-18(2,3)17-10-9-16(11-15(17)12-19)20-13-14-7-5-4-6-8-14/h4-12H,13H2,1-3H3. The fraction of sp³-hybridized carbons (Fsp3) is 0.278. The third-order valence-electron chi connectivity index (χ3n) is 3.21. The molecule has 0 bridgehead atoms. The Hall–Kier alpha value is -2.09. The van der Waals surface area contributed by atoms with E-state index in [1.807, 2.05) is 48.5 Å². The van der Waals surface area contributed by atoms with Crippen molar-refractivity contribution in [2.75, 3.05) is 0 Å². The zero-order valence-corrected chi connectivity index (χ0v) is 12.2. The summed E-state index contributed by atoms with van der Waals surface area (Å²) >= 11 is 0. The van der Waals surface area contributed by atoms with Crippen LogP contribution in [0.5, 0.6) is 5.75 Å². The van der Waals surface area contributed by atoms with E-state index in [0.717, 1.165) is 23.2 Å². The van der Waals surface area contributed by atoms with Gasteiger partial charge in [-0.25, -0.2) is 0 Å². The lowest BCUT2D eigenvalue weighted by Gasteiger charge is -2.21. The molecule has 2 heteroatoms. The molecule has 0 radical (unpaired) electrons. The molecule has 0 atom stereocenters. The van der Waals surface area contributed by atoms with Crippen LogP contribution in [0.25, 0.3) is 0 Å². The second-order valence-corrected chi connectivity index (χ2v) is 5.89. The van der Waals surface area contributed by atoms with Crippen LogP contribution in [0.2, 0.25) is 0 Å². The Morgan fingerprint density at radius 3 is 2.35 bits per heavy atom. The summed E-state index contributed by atoms with van der Waals surface area (Å²) in [6, 6.07) is 15.7. The molecule has 2 nitrogen and oxygen atoms in total. The van der Waals surface area contributed by atoms with Crippen molar-refractivity contribution >= 4 is 6.29 Å². The maximum atomic E-state index is 11.2. The monoisotopic (exact) mass is 268 g/mol. The number of rotatable bonds is 4. The van der Waals surface area contributed by atoms with Gasteiger partial charge in [0.2, 0.25) is 0 Å². The van der Waals surface area contributed by atoms with Crippen LogP contribution in [0.15, 0.2) is 48.5 Å². The summed E-state index contributed by atoms with van der Waals surface area (Å²) < 4.78 is 5.74. The molecule has 0 aliphatic carbocycles. The van der Waals surface area contributed by atoms with Gasteiger partial charge < -0.3 is 4.74 Å². The molecule has 20 heavy (non-hydrogen) atoms. The predicted molar refractivity (Wildman–Crippen MR) is 81.3 cm³/mol. The van der Waals surface area contributed by atoms with E-state index in [1.54, 1.807) is 0 Å². The first-order chi connectivity index (χ1) is 9.50. The summed E-state index contributed by atoms with van der Waals surface area (Å²) in [5.74, 6) is 0.726. The third kappa shape index (κ3) is 3.47. The third-order valence-corrected chi connectivity index (χ3v) is 3.21. The van der Waals surface area contributed by atoms with Gasteiger partial charge in [-0.05, 0) is 28.7 Å².